The number of carbonyl (C=O) groups is 4. The number of allylic oxidation sites excluding steroid dienone is 8. The van der Waals surface area contributed by atoms with E-state index in [2.05, 4.69) is 0 Å². The molecule has 0 aromatic carbocycles. The average molecular weight is 497 g/mol. The Kier molecular flexibility index (Phi) is 6.89. The quantitative estimate of drug-likeness (QED) is 0.167. The van der Waals surface area contributed by atoms with Gasteiger partial charge in [-0.3, -0.25) is 14.4 Å². The summed E-state index contributed by atoms with van der Waals surface area (Å²) in [4.78, 5) is 53.5. The van der Waals surface area contributed by atoms with Crippen molar-refractivity contribution in [1.82, 2.24) is 0 Å². The van der Waals surface area contributed by atoms with E-state index in [0.29, 0.717) is 0 Å². The van der Waals surface area contributed by atoms with E-state index in [1.54, 1.807) is 38.2 Å². The van der Waals surface area contributed by atoms with Gasteiger partial charge in [-0.1, -0.05) is 36.5 Å². The number of aliphatic hydroxyl groups is 3. The van der Waals surface area contributed by atoms with Gasteiger partial charge in [0.15, 0.2) is 23.0 Å². The predicted molar refractivity (Wildman–Crippen MR) is 132 cm³/mol. The number of Topliss-reactive ketones (excluding diaryl/α,β-unsaturated/α-hetero) is 2. The summed E-state index contributed by atoms with van der Waals surface area (Å²) in [6.45, 7) is 8.72. The number of ether oxygens (including phenoxy) is 1. The number of rotatable bonds is 6. The first-order chi connectivity index (χ1) is 16.7. The maximum atomic E-state index is 13.8. The molecular formula is C28H32O8. The highest BCUT2D eigenvalue weighted by Crippen LogP contribution is 2.64. The molecule has 3 saturated carbocycles. The molecule has 36 heavy (non-hydrogen) atoms. The van der Waals surface area contributed by atoms with E-state index < -0.39 is 69.2 Å². The van der Waals surface area contributed by atoms with Crippen LogP contribution in [-0.2, 0) is 23.9 Å². The van der Waals surface area contributed by atoms with Crippen LogP contribution >= 0.6 is 0 Å². The molecule has 0 aromatic heterocycles. The van der Waals surface area contributed by atoms with E-state index in [-0.39, 0.29) is 11.1 Å². The van der Waals surface area contributed by atoms with Crippen LogP contribution in [0.15, 0.2) is 71.3 Å². The second-order valence-corrected chi connectivity index (χ2v) is 9.93. The van der Waals surface area contributed by atoms with E-state index in [0.717, 1.165) is 0 Å². The average Bonchev–Trinajstić information content (AvgIpc) is 3.01. The van der Waals surface area contributed by atoms with Gasteiger partial charge in [-0.15, -0.1) is 0 Å². The summed E-state index contributed by atoms with van der Waals surface area (Å²) in [5.41, 5.74) is -6.53. The second kappa shape index (κ2) is 9.17. The molecule has 1 aliphatic heterocycles. The summed E-state index contributed by atoms with van der Waals surface area (Å²) in [6, 6.07) is 0. The molecule has 3 aliphatic carbocycles. The molecule has 0 spiro atoms. The molecule has 0 amide bonds. The molecule has 8 heteroatoms. The monoisotopic (exact) mass is 496 g/mol. The largest absolute Gasteiger partial charge is 0.508 e. The molecule has 2 bridgehead atoms. The Bertz CT molecular complexity index is 1210. The number of hydrogen-bond acceptors (Lipinski definition) is 8. The third-order valence-electron chi connectivity index (χ3n) is 7.68. The van der Waals surface area contributed by atoms with Gasteiger partial charge in [0.25, 0.3) is 0 Å². The Morgan fingerprint density at radius 3 is 2.03 bits per heavy atom. The Morgan fingerprint density at radius 1 is 0.972 bits per heavy atom. The molecule has 4 rings (SSSR count). The summed E-state index contributed by atoms with van der Waals surface area (Å²) in [5, 5.41) is 33.5. The smallest absolute Gasteiger partial charge is 0.338 e. The lowest BCUT2D eigenvalue weighted by Gasteiger charge is -2.60. The van der Waals surface area contributed by atoms with Gasteiger partial charge in [-0.25, -0.2) is 4.79 Å². The molecule has 0 radical (unpaired) electrons. The molecule has 1 heterocycles. The summed E-state index contributed by atoms with van der Waals surface area (Å²) in [6.07, 6.45) is 12.0. The van der Waals surface area contributed by atoms with Crippen molar-refractivity contribution in [2.75, 3.05) is 0 Å². The van der Waals surface area contributed by atoms with Crippen molar-refractivity contribution in [3.8, 4) is 0 Å². The van der Waals surface area contributed by atoms with E-state index in [9.17, 15) is 34.5 Å². The van der Waals surface area contributed by atoms with Crippen LogP contribution in [0.25, 0.3) is 0 Å². The van der Waals surface area contributed by atoms with Crippen LogP contribution in [0.1, 0.15) is 41.5 Å². The molecule has 192 valence electrons. The van der Waals surface area contributed by atoms with Crippen molar-refractivity contribution in [1.29, 1.82) is 0 Å². The summed E-state index contributed by atoms with van der Waals surface area (Å²) >= 11 is 0. The van der Waals surface area contributed by atoms with Gasteiger partial charge in [0.05, 0.1) is 5.57 Å². The number of ketones is 3. The minimum Gasteiger partial charge on any atom is -0.508 e. The standard InChI is InChI=1S/C28H32O8/c1-7-9-11-13-16(29)18-20-21(28(6)22(31)15(3)24(33)36-28)19(17(30)14-12-10-8-2)26(4,23(18)32)25(34)27(20,5)35/h7-14,19-21,29,31,35H,1-6H3/b9-7+,10-8+,13-11+,14-12+,18-16-/t19-,20-,21?,26-,27+,28?/m1/s1. The maximum absolute atomic E-state index is 13.8. The number of aliphatic hydroxyl groups excluding tert-OH is 2. The van der Waals surface area contributed by atoms with Crippen molar-refractivity contribution in [2.24, 2.45) is 23.2 Å². The van der Waals surface area contributed by atoms with Crippen molar-refractivity contribution in [2.45, 2.75) is 52.7 Å². The lowest BCUT2D eigenvalue weighted by atomic mass is 9.40. The van der Waals surface area contributed by atoms with Crippen LogP contribution in [0.5, 0.6) is 0 Å². The number of cyclic esters (lactones) is 1. The number of carbonyl (C=O) groups excluding carboxylic acids is 4. The van der Waals surface area contributed by atoms with Gasteiger partial charge in [-0.2, -0.15) is 0 Å². The van der Waals surface area contributed by atoms with Crippen molar-refractivity contribution in [3.05, 3.63) is 71.3 Å². The third-order valence-corrected chi connectivity index (χ3v) is 7.68. The van der Waals surface area contributed by atoms with Crippen molar-refractivity contribution < 1.29 is 39.2 Å². The molecule has 4 aliphatic rings. The molecular weight excluding hydrogens is 464 g/mol. The van der Waals surface area contributed by atoms with Gasteiger partial charge in [0, 0.05) is 23.3 Å². The fourth-order valence-electron chi connectivity index (χ4n) is 5.93. The molecule has 6 atom stereocenters. The molecule has 0 aromatic rings. The molecule has 3 fully saturated rings. The van der Waals surface area contributed by atoms with E-state index in [4.69, 9.17) is 4.74 Å². The lowest BCUT2D eigenvalue weighted by molar-refractivity contribution is -0.203. The van der Waals surface area contributed by atoms with Crippen LogP contribution in [0.2, 0.25) is 0 Å². The van der Waals surface area contributed by atoms with Crippen LogP contribution in [-0.4, -0.2) is 49.8 Å². The predicted octanol–water partition coefficient (Wildman–Crippen LogP) is 3.55. The molecule has 3 N–H and O–H groups in total. The summed E-state index contributed by atoms with van der Waals surface area (Å²) in [7, 11) is 0. The zero-order valence-electron chi connectivity index (χ0n) is 21.2. The summed E-state index contributed by atoms with van der Waals surface area (Å²) < 4.78 is 5.59. The van der Waals surface area contributed by atoms with E-state index in [1.165, 1.54) is 52.0 Å². The van der Waals surface area contributed by atoms with Gasteiger partial charge in [-0.05, 0) is 53.7 Å². The molecule has 0 saturated heterocycles. The van der Waals surface area contributed by atoms with Crippen LogP contribution in [0, 0.1) is 23.2 Å². The van der Waals surface area contributed by atoms with Crippen LogP contribution in [0.3, 0.4) is 0 Å². The van der Waals surface area contributed by atoms with Gasteiger partial charge >= 0.3 is 5.97 Å². The Morgan fingerprint density at radius 2 is 1.53 bits per heavy atom. The van der Waals surface area contributed by atoms with Crippen LogP contribution < -0.4 is 0 Å². The number of hydrogen-bond donors (Lipinski definition) is 3. The van der Waals surface area contributed by atoms with Crippen LogP contribution in [0.4, 0.5) is 0 Å². The maximum Gasteiger partial charge on any atom is 0.338 e. The number of fused-ring (bicyclic) bond motifs is 3. The van der Waals surface area contributed by atoms with E-state index in [1.807, 2.05) is 0 Å². The molecule has 8 nitrogen and oxygen atoms in total. The van der Waals surface area contributed by atoms with Crippen molar-refractivity contribution in [3.63, 3.8) is 0 Å². The minimum atomic E-state index is -2.22. The zero-order valence-corrected chi connectivity index (χ0v) is 21.2. The Hall–Kier alpha value is -3.52. The first-order valence-electron chi connectivity index (χ1n) is 11.7. The molecule has 2 unspecified atom stereocenters. The SMILES string of the molecule is C/C=C/C=C/C(=O)[C@@H]1C(C2(C)OC(=O)C(C)=C2O)[C@H]2\C(=C(O)/C=C/C=C/C)C(=O)[C@]1(C)C(=O)[C@@]2(C)O. The lowest BCUT2D eigenvalue weighted by Crippen LogP contribution is -2.75. The first-order valence-corrected chi connectivity index (χ1v) is 11.7. The highest BCUT2D eigenvalue weighted by Gasteiger charge is 2.77. The van der Waals surface area contributed by atoms with Gasteiger partial charge in [0.1, 0.15) is 22.5 Å². The fraction of sp³-hybridized carbons (Fsp3) is 0.429. The van der Waals surface area contributed by atoms with Crippen molar-refractivity contribution >= 4 is 23.3 Å². The van der Waals surface area contributed by atoms with Gasteiger partial charge in [0.2, 0.25) is 0 Å². The Balaban J connectivity index is 2.41. The number of esters is 1. The minimum absolute atomic E-state index is 0.0835. The normalized spacial score (nSPS) is 38.4. The highest BCUT2D eigenvalue weighted by molar-refractivity contribution is 6.24. The third kappa shape index (κ3) is 3.63. The van der Waals surface area contributed by atoms with E-state index >= 15 is 0 Å². The highest BCUT2D eigenvalue weighted by atomic mass is 16.6. The summed E-state index contributed by atoms with van der Waals surface area (Å²) in [5.74, 6) is -8.17. The Labute approximate surface area is 210 Å². The van der Waals surface area contributed by atoms with Gasteiger partial charge < -0.3 is 20.1 Å². The second-order valence-electron chi connectivity index (χ2n) is 9.93. The first kappa shape index (κ1) is 27.1. The zero-order chi connectivity index (χ0) is 27.2. The topological polar surface area (TPSA) is 138 Å². The fourth-order valence-corrected chi connectivity index (χ4v) is 5.93.